The van der Waals surface area contributed by atoms with Crippen LogP contribution in [0.5, 0.6) is 0 Å². The SMILES string of the molecule is NC(=O)CC(NC(=O)C(N)CCCN=C(N)N)C(=O)NC(Cc1c[nH]c2ccccc12)C(=O)O. The fourth-order valence-corrected chi connectivity index (χ4v) is 3.33. The number of H-pyrrole nitrogens is 1. The predicted molar refractivity (Wildman–Crippen MR) is 125 cm³/mol. The van der Waals surface area contributed by atoms with Crippen LogP contribution in [0.4, 0.5) is 0 Å². The van der Waals surface area contributed by atoms with Gasteiger partial charge in [0.25, 0.3) is 0 Å². The van der Waals surface area contributed by atoms with Crippen molar-refractivity contribution in [1.29, 1.82) is 0 Å². The molecule has 0 radical (unpaired) electrons. The molecule has 0 saturated heterocycles. The summed E-state index contributed by atoms with van der Waals surface area (Å²) in [6.45, 7) is 0.267. The summed E-state index contributed by atoms with van der Waals surface area (Å²) in [5, 5.41) is 15.2. The molecule has 3 atom stereocenters. The molecule has 13 heteroatoms. The van der Waals surface area contributed by atoms with Crippen molar-refractivity contribution in [3.05, 3.63) is 36.0 Å². The number of rotatable bonds is 13. The van der Waals surface area contributed by atoms with Crippen LogP contribution in [-0.4, -0.2) is 64.4 Å². The van der Waals surface area contributed by atoms with Crippen molar-refractivity contribution in [3.63, 3.8) is 0 Å². The third-order valence-electron chi connectivity index (χ3n) is 5.06. The monoisotopic (exact) mass is 474 g/mol. The number of carbonyl (C=O) groups is 4. The predicted octanol–water partition coefficient (Wildman–Crippen LogP) is -1.98. The molecule has 3 unspecified atom stereocenters. The van der Waals surface area contributed by atoms with Crippen LogP contribution in [0, 0.1) is 0 Å². The second-order valence-corrected chi connectivity index (χ2v) is 7.75. The molecule has 13 nitrogen and oxygen atoms in total. The number of nitrogens with zero attached hydrogens (tertiary/aromatic N) is 1. The van der Waals surface area contributed by atoms with Crippen LogP contribution in [0.15, 0.2) is 35.5 Å². The Bertz CT molecular complexity index is 1060. The minimum atomic E-state index is -1.39. The maximum atomic E-state index is 12.8. The number of benzene rings is 1. The lowest BCUT2D eigenvalue weighted by molar-refractivity contribution is -0.142. The average molecular weight is 475 g/mol. The van der Waals surface area contributed by atoms with Gasteiger partial charge in [0.1, 0.15) is 12.1 Å². The molecule has 184 valence electrons. The summed E-state index contributed by atoms with van der Waals surface area (Å²) in [5.41, 5.74) is 23.0. The van der Waals surface area contributed by atoms with Gasteiger partial charge in [0.15, 0.2) is 5.96 Å². The first-order chi connectivity index (χ1) is 16.1. The second kappa shape index (κ2) is 12.2. The summed E-state index contributed by atoms with van der Waals surface area (Å²) in [6, 6.07) is 3.61. The number of aromatic amines is 1. The number of aliphatic imine (C=N–C) groups is 1. The Labute approximate surface area is 195 Å². The van der Waals surface area contributed by atoms with Crippen molar-refractivity contribution >= 4 is 40.6 Å². The van der Waals surface area contributed by atoms with E-state index in [4.69, 9.17) is 22.9 Å². The Balaban J connectivity index is 2.05. The standard InChI is InChI=1S/C21H30N8O5/c22-13(5-3-7-26-21(24)25)18(31)28-15(9-17(23)30)19(32)29-16(20(33)34)8-11-10-27-14-6-2-1-4-12(11)14/h1-2,4,6,10,13,15-16,27H,3,5,7-9,22H2,(H2,23,30)(H,28,31)(H,29,32)(H,33,34)(H4,24,25,26). The number of hydrogen-bond acceptors (Lipinski definition) is 6. The molecule has 1 heterocycles. The fourth-order valence-electron chi connectivity index (χ4n) is 3.33. The fraction of sp³-hybridized carbons (Fsp3) is 0.381. The van der Waals surface area contributed by atoms with E-state index in [0.717, 1.165) is 10.9 Å². The van der Waals surface area contributed by atoms with Gasteiger partial charge in [-0.15, -0.1) is 0 Å². The summed E-state index contributed by atoms with van der Waals surface area (Å²) >= 11 is 0. The first-order valence-electron chi connectivity index (χ1n) is 10.6. The Morgan fingerprint density at radius 2 is 1.71 bits per heavy atom. The molecule has 0 aliphatic carbocycles. The lowest BCUT2D eigenvalue weighted by Gasteiger charge is -2.22. The minimum absolute atomic E-state index is 0.0212. The van der Waals surface area contributed by atoms with Crippen molar-refractivity contribution in [1.82, 2.24) is 15.6 Å². The summed E-state index contributed by atoms with van der Waals surface area (Å²) in [6.07, 6.45) is 1.73. The molecule has 34 heavy (non-hydrogen) atoms. The Hall–Kier alpha value is -4.13. The summed E-state index contributed by atoms with van der Waals surface area (Å²) in [4.78, 5) is 55.3. The highest BCUT2D eigenvalue weighted by Gasteiger charge is 2.29. The van der Waals surface area contributed by atoms with E-state index in [1.54, 1.807) is 6.20 Å². The zero-order valence-electron chi connectivity index (χ0n) is 18.5. The van der Waals surface area contributed by atoms with Crippen LogP contribution in [0.25, 0.3) is 10.9 Å². The number of aliphatic carboxylic acids is 1. The number of aromatic nitrogens is 1. The van der Waals surface area contributed by atoms with Crippen LogP contribution < -0.4 is 33.6 Å². The van der Waals surface area contributed by atoms with Crippen LogP contribution >= 0.6 is 0 Å². The molecule has 2 aromatic rings. The van der Waals surface area contributed by atoms with Gasteiger partial charge in [-0.1, -0.05) is 18.2 Å². The van der Waals surface area contributed by atoms with Crippen LogP contribution in [-0.2, 0) is 25.6 Å². The number of fused-ring (bicyclic) bond motifs is 1. The number of primary amides is 1. The molecule has 0 saturated carbocycles. The van der Waals surface area contributed by atoms with Gasteiger partial charge in [-0.05, 0) is 24.5 Å². The first-order valence-corrected chi connectivity index (χ1v) is 10.6. The van der Waals surface area contributed by atoms with Gasteiger partial charge in [0.2, 0.25) is 17.7 Å². The lowest BCUT2D eigenvalue weighted by atomic mass is 10.0. The van der Waals surface area contributed by atoms with Crippen LogP contribution in [0.3, 0.4) is 0 Å². The molecule has 0 fully saturated rings. The van der Waals surface area contributed by atoms with E-state index >= 15 is 0 Å². The summed E-state index contributed by atoms with van der Waals surface area (Å²) in [7, 11) is 0. The molecule has 1 aromatic carbocycles. The van der Waals surface area contributed by atoms with E-state index in [9.17, 15) is 24.3 Å². The number of carbonyl (C=O) groups excluding carboxylic acids is 3. The molecular weight excluding hydrogens is 444 g/mol. The Kier molecular flexibility index (Phi) is 9.38. The number of carboxylic acid groups (broad SMARTS) is 1. The van der Waals surface area contributed by atoms with Crippen LogP contribution in [0.1, 0.15) is 24.8 Å². The molecule has 3 amide bonds. The van der Waals surface area contributed by atoms with Crippen LogP contribution in [0.2, 0.25) is 0 Å². The Morgan fingerprint density at radius 3 is 2.35 bits per heavy atom. The van der Waals surface area contributed by atoms with Crippen molar-refractivity contribution in [2.75, 3.05) is 6.54 Å². The number of nitrogens with one attached hydrogen (secondary N) is 3. The normalized spacial score (nSPS) is 13.4. The number of nitrogens with two attached hydrogens (primary N) is 4. The van der Waals surface area contributed by atoms with Crippen molar-refractivity contribution in [2.45, 2.75) is 43.8 Å². The van der Waals surface area contributed by atoms with E-state index in [1.807, 2.05) is 24.3 Å². The number of carboxylic acids is 1. The number of guanidine groups is 1. The van der Waals surface area contributed by atoms with Crippen molar-refractivity contribution in [3.8, 4) is 0 Å². The molecule has 0 spiro atoms. The number of para-hydroxylation sites is 1. The topological polar surface area (TPSA) is 245 Å². The largest absolute Gasteiger partial charge is 0.480 e. The molecule has 2 rings (SSSR count). The average Bonchev–Trinajstić information content (AvgIpc) is 3.17. The maximum Gasteiger partial charge on any atom is 0.326 e. The van der Waals surface area contributed by atoms with E-state index in [0.29, 0.717) is 12.0 Å². The van der Waals surface area contributed by atoms with E-state index in [2.05, 4.69) is 20.6 Å². The van der Waals surface area contributed by atoms with Crippen molar-refractivity contribution < 1.29 is 24.3 Å². The van der Waals surface area contributed by atoms with Gasteiger partial charge in [0, 0.05) is 30.1 Å². The third kappa shape index (κ3) is 7.78. The lowest BCUT2D eigenvalue weighted by Crippen LogP contribution is -2.55. The highest BCUT2D eigenvalue weighted by molar-refractivity contribution is 5.95. The zero-order valence-corrected chi connectivity index (χ0v) is 18.5. The zero-order chi connectivity index (χ0) is 25.3. The summed E-state index contributed by atoms with van der Waals surface area (Å²) < 4.78 is 0. The highest BCUT2D eigenvalue weighted by Crippen LogP contribution is 2.19. The highest BCUT2D eigenvalue weighted by atomic mass is 16.4. The minimum Gasteiger partial charge on any atom is -0.480 e. The maximum absolute atomic E-state index is 12.8. The smallest absolute Gasteiger partial charge is 0.326 e. The molecule has 1 aromatic heterocycles. The van der Waals surface area contributed by atoms with Gasteiger partial charge in [-0.2, -0.15) is 0 Å². The van der Waals surface area contributed by atoms with Gasteiger partial charge < -0.3 is 43.7 Å². The first kappa shape index (κ1) is 26.1. The van der Waals surface area contributed by atoms with E-state index in [1.165, 1.54) is 0 Å². The van der Waals surface area contributed by atoms with Gasteiger partial charge in [0.05, 0.1) is 12.5 Å². The Morgan fingerprint density at radius 1 is 1.03 bits per heavy atom. The van der Waals surface area contributed by atoms with Gasteiger partial charge in [-0.3, -0.25) is 19.4 Å². The summed E-state index contributed by atoms with van der Waals surface area (Å²) in [5.74, 6) is -3.79. The number of amides is 3. The molecule has 0 aliphatic rings. The third-order valence-corrected chi connectivity index (χ3v) is 5.06. The van der Waals surface area contributed by atoms with E-state index < -0.39 is 48.2 Å². The van der Waals surface area contributed by atoms with Crippen molar-refractivity contribution in [2.24, 2.45) is 27.9 Å². The number of hydrogen-bond donors (Lipinski definition) is 8. The van der Waals surface area contributed by atoms with Gasteiger partial charge >= 0.3 is 5.97 Å². The molecule has 12 N–H and O–H groups in total. The molecular formula is C21H30N8O5. The molecule has 0 aliphatic heterocycles. The van der Waals surface area contributed by atoms with Gasteiger partial charge in [-0.25, -0.2) is 4.79 Å². The van der Waals surface area contributed by atoms with E-state index in [-0.39, 0.29) is 25.3 Å². The quantitative estimate of drug-likeness (QED) is 0.0915. The molecule has 0 bridgehead atoms. The second-order valence-electron chi connectivity index (χ2n) is 7.75.